The van der Waals surface area contributed by atoms with Crippen LogP contribution < -0.4 is 20.1 Å². The molecule has 0 saturated carbocycles. The molecule has 9 heteroatoms. The SMILES string of the molecule is COc1nc(N)nc2c1/C(=C/c1ccc[nH]1)C(=O)N2Cc1ncc(C)c(OC)c1C. The van der Waals surface area contributed by atoms with Crippen molar-refractivity contribution in [1.82, 2.24) is 19.9 Å². The van der Waals surface area contributed by atoms with Crippen molar-refractivity contribution in [3.8, 4) is 11.6 Å². The third-order valence-corrected chi connectivity index (χ3v) is 5.05. The summed E-state index contributed by atoms with van der Waals surface area (Å²) in [6.45, 7) is 4.05. The lowest BCUT2D eigenvalue weighted by atomic mass is 10.1. The van der Waals surface area contributed by atoms with Gasteiger partial charge in [-0.1, -0.05) is 0 Å². The first-order valence-electron chi connectivity index (χ1n) is 9.32. The molecule has 4 rings (SSSR count). The number of nitrogens with two attached hydrogens (primary N) is 1. The summed E-state index contributed by atoms with van der Waals surface area (Å²) in [6.07, 6.45) is 5.26. The molecule has 1 amide bonds. The molecule has 0 radical (unpaired) electrons. The van der Waals surface area contributed by atoms with Crippen molar-refractivity contribution in [1.29, 1.82) is 0 Å². The fourth-order valence-corrected chi connectivity index (χ4v) is 3.62. The molecule has 1 aliphatic heterocycles. The molecule has 0 aliphatic carbocycles. The van der Waals surface area contributed by atoms with Gasteiger partial charge in [0.2, 0.25) is 11.8 Å². The predicted octanol–water partition coefficient (Wildman–Crippen LogP) is 2.50. The summed E-state index contributed by atoms with van der Waals surface area (Å²) in [6, 6.07) is 3.72. The Labute approximate surface area is 173 Å². The molecule has 1 aliphatic rings. The van der Waals surface area contributed by atoms with Crippen LogP contribution in [0, 0.1) is 13.8 Å². The Balaban J connectivity index is 1.85. The first kappa shape index (κ1) is 19.4. The number of nitrogen functional groups attached to an aromatic ring is 1. The molecule has 30 heavy (non-hydrogen) atoms. The van der Waals surface area contributed by atoms with E-state index in [1.807, 2.05) is 26.0 Å². The normalized spacial score (nSPS) is 14.3. The molecule has 0 spiro atoms. The number of amides is 1. The summed E-state index contributed by atoms with van der Waals surface area (Å²) in [5.41, 5.74) is 10.1. The summed E-state index contributed by atoms with van der Waals surface area (Å²) in [7, 11) is 3.10. The number of carbonyl (C=O) groups is 1. The average molecular weight is 406 g/mol. The zero-order valence-corrected chi connectivity index (χ0v) is 17.2. The van der Waals surface area contributed by atoms with Crippen LogP contribution in [0.15, 0.2) is 24.5 Å². The fraction of sp³-hybridized carbons (Fsp3) is 0.238. The van der Waals surface area contributed by atoms with Crippen molar-refractivity contribution in [3.63, 3.8) is 0 Å². The topological polar surface area (TPSA) is 119 Å². The molecular weight excluding hydrogens is 384 g/mol. The van der Waals surface area contributed by atoms with E-state index in [1.165, 1.54) is 12.0 Å². The smallest absolute Gasteiger partial charge is 0.260 e. The Morgan fingerprint density at radius 3 is 2.70 bits per heavy atom. The van der Waals surface area contributed by atoms with Gasteiger partial charge in [0.15, 0.2) is 5.82 Å². The molecule has 0 fully saturated rings. The van der Waals surface area contributed by atoms with Gasteiger partial charge in [-0.25, -0.2) is 0 Å². The number of H-pyrrole nitrogens is 1. The number of ether oxygens (including phenoxy) is 2. The maximum atomic E-state index is 13.4. The monoisotopic (exact) mass is 406 g/mol. The highest BCUT2D eigenvalue weighted by atomic mass is 16.5. The van der Waals surface area contributed by atoms with Gasteiger partial charge in [0.1, 0.15) is 5.75 Å². The second kappa shape index (κ2) is 7.51. The molecule has 3 aromatic heterocycles. The number of aromatic nitrogens is 4. The van der Waals surface area contributed by atoms with Gasteiger partial charge in [-0.3, -0.25) is 14.7 Å². The van der Waals surface area contributed by atoms with Crippen LogP contribution in [-0.2, 0) is 11.3 Å². The van der Waals surface area contributed by atoms with E-state index in [-0.39, 0.29) is 24.3 Å². The standard InChI is InChI=1S/C21H22N6O3/c1-11-9-24-15(12(2)17(11)29-3)10-27-18-16(19(30-4)26-21(22)25-18)14(20(27)28)8-13-6-5-7-23-13/h5-9,23H,10H2,1-4H3,(H2,22,25,26)/b14-8-. The van der Waals surface area contributed by atoms with Gasteiger partial charge in [-0.05, 0) is 32.1 Å². The van der Waals surface area contributed by atoms with Crippen molar-refractivity contribution in [2.45, 2.75) is 20.4 Å². The second-order valence-electron chi connectivity index (χ2n) is 6.91. The van der Waals surface area contributed by atoms with Crippen LogP contribution in [0.3, 0.4) is 0 Å². The van der Waals surface area contributed by atoms with E-state index in [9.17, 15) is 4.79 Å². The number of nitrogens with one attached hydrogen (secondary N) is 1. The van der Waals surface area contributed by atoms with E-state index in [0.717, 1.165) is 22.6 Å². The van der Waals surface area contributed by atoms with Crippen LogP contribution >= 0.6 is 0 Å². The van der Waals surface area contributed by atoms with Crippen molar-refractivity contribution in [3.05, 3.63) is 52.6 Å². The number of carbonyl (C=O) groups excluding carboxylic acids is 1. The Morgan fingerprint density at radius 1 is 1.23 bits per heavy atom. The van der Waals surface area contributed by atoms with E-state index < -0.39 is 0 Å². The minimum absolute atomic E-state index is 0.0238. The first-order valence-corrected chi connectivity index (χ1v) is 9.32. The van der Waals surface area contributed by atoms with Crippen molar-refractivity contribution in [2.24, 2.45) is 0 Å². The predicted molar refractivity (Wildman–Crippen MR) is 113 cm³/mol. The molecule has 0 saturated heterocycles. The highest BCUT2D eigenvalue weighted by molar-refractivity contribution is 6.35. The van der Waals surface area contributed by atoms with E-state index in [4.69, 9.17) is 15.2 Å². The summed E-state index contributed by atoms with van der Waals surface area (Å²) in [4.78, 5) is 31.1. The number of hydrogen-bond acceptors (Lipinski definition) is 7. The van der Waals surface area contributed by atoms with Gasteiger partial charge in [0.05, 0.1) is 37.6 Å². The Morgan fingerprint density at radius 2 is 2.03 bits per heavy atom. The number of aromatic amines is 1. The fourth-order valence-electron chi connectivity index (χ4n) is 3.62. The zero-order chi connectivity index (χ0) is 21.4. The van der Waals surface area contributed by atoms with Crippen molar-refractivity contribution >= 4 is 29.3 Å². The van der Waals surface area contributed by atoms with E-state index in [2.05, 4.69) is 19.9 Å². The maximum Gasteiger partial charge on any atom is 0.260 e. The number of methoxy groups -OCH3 is 2. The average Bonchev–Trinajstić information content (AvgIpc) is 3.32. The summed E-state index contributed by atoms with van der Waals surface area (Å²) >= 11 is 0. The van der Waals surface area contributed by atoms with Gasteiger partial charge in [-0.2, -0.15) is 9.97 Å². The maximum absolute atomic E-state index is 13.4. The number of fused-ring (bicyclic) bond motifs is 1. The molecule has 0 unspecified atom stereocenters. The highest BCUT2D eigenvalue weighted by Crippen LogP contribution is 2.42. The minimum atomic E-state index is -0.237. The summed E-state index contributed by atoms with van der Waals surface area (Å²) in [5, 5.41) is 0. The molecule has 3 aromatic rings. The number of anilines is 2. The van der Waals surface area contributed by atoms with Crippen molar-refractivity contribution < 1.29 is 14.3 Å². The summed E-state index contributed by atoms with van der Waals surface area (Å²) < 4.78 is 10.9. The number of pyridine rings is 1. The van der Waals surface area contributed by atoms with E-state index >= 15 is 0 Å². The first-order chi connectivity index (χ1) is 14.4. The van der Waals surface area contributed by atoms with Crippen LogP contribution in [0.1, 0.15) is 28.1 Å². The lowest BCUT2D eigenvalue weighted by Crippen LogP contribution is -2.27. The highest BCUT2D eigenvalue weighted by Gasteiger charge is 2.38. The third kappa shape index (κ3) is 3.14. The van der Waals surface area contributed by atoms with E-state index in [0.29, 0.717) is 22.6 Å². The van der Waals surface area contributed by atoms with Crippen molar-refractivity contribution in [2.75, 3.05) is 24.9 Å². The number of hydrogen-bond donors (Lipinski definition) is 2. The quantitative estimate of drug-likeness (QED) is 0.625. The molecule has 4 heterocycles. The third-order valence-electron chi connectivity index (χ3n) is 5.05. The lowest BCUT2D eigenvalue weighted by molar-refractivity contribution is -0.113. The largest absolute Gasteiger partial charge is 0.496 e. The number of rotatable bonds is 5. The molecule has 0 bridgehead atoms. The van der Waals surface area contributed by atoms with Crippen LogP contribution in [0.4, 0.5) is 11.8 Å². The molecule has 3 N–H and O–H groups in total. The van der Waals surface area contributed by atoms with Gasteiger partial charge >= 0.3 is 0 Å². The Bertz CT molecular complexity index is 1150. The van der Waals surface area contributed by atoms with E-state index in [1.54, 1.807) is 25.6 Å². The number of nitrogens with zero attached hydrogens (tertiary/aromatic N) is 4. The molecule has 0 atom stereocenters. The lowest BCUT2D eigenvalue weighted by Gasteiger charge is -2.19. The zero-order valence-electron chi connectivity index (χ0n) is 17.2. The van der Waals surface area contributed by atoms with Gasteiger partial charge in [0, 0.05) is 29.2 Å². The Hall–Kier alpha value is -3.88. The molecule has 9 nitrogen and oxygen atoms in total. The van der Waals surface area contributed by atoms with Gasteiger partial charge < -0.3 is 20.2 Å². The second-order valence-corrected chi connectivity index (χ2v) is 6.91. The van der Waals surface area contributed by atoms with Crippen LogP contribution in [0.2, 0.25) is 0 Å². The van der Waals surface area contributed by atoms with Gasteiger partial charge in [0.25, 0.3) is 5.91 Å². The Kier molecular flexibility index (Phi) is 4.86. The minimum Gasteiger partial charge on any atom is -0.496 e. The molecular formula is C21H22N6O3. The molecule has 154 valence electrons. The van der Waals surface area contributed by atoms with Crippen LogP contribution in [0.25, 0.3) is 11.6 Å². The van der Waals surface area contributed by atoms with Crippen LogP contribution in [-0.4, -0.2) is 40.1 Å². The summed E-state index contributed by atoms with van der Waals surface area (Å²) in [5.74, 6) is 1.17. The molecule has 0 aromatic carbocycles. The van der Waals surface area contributed by atoms with Crippen LogP contribution in [0.5, 0.6) is 11.6 Å². The number of aryl methyl sites for hydroxylation is 1. The van der Waals surface area contributed by atoms with Gasteiger partial charge in [-0.15, -0.1) is 0 Å².